The van der Waals surface area contributed by atoms with Crippen molar-refractivity contribution in [1.82, 2.24) is 5.32 Å². The Labute approximate surface area is 140 Å². The second kappa shape index (κ2) is 7.70. The van der Waals surface area contributed by atoms with Gasteiger partial charge in [0.15, 0.2) is 11.5 Å². The molecule has 1 aliphatic heterocycles. The minimum Gasteiger partial charge on any atom is -0.491 e. The smallest absolute Gasteiger partial charge is 0.251 e. The topological polar surface area (TPSA) is 66.0 Å². The average molecular weight is 329 g/mol. The van der Waals surface area contributed by atoms with E-state index in [4.69, 9.17) is 18.9 Å². The number of amides is 1. The van der Waals surface area contributed by atoms with E-state index < -0.39 is 0 Å². The molecule has 0 atom stereocenters. The fourth-order valence-electron chi connectivity index (χ4n) is 2.27. The fourth-order valence-corrected chi connectivity index (χ4v) is 2.27. The Morgan fingerprint density at radius 1 is 1.08 bits per heavy atom. The van der Waals surface area contributed by atoms with Gasteiger partial charge < -0.3 is 24.3 Å². The molecule has 1 aliphatic rings. The molecule has 6 heteroatoms. The lowest BCUT2D eigenvalue weighted by atomic mass is 10.1. The molecular weight excluding hydrogens is 310 g/mol. The molecule has 2 aromatic rings. The number of benzene rings is 2. The van der Waals surface area contributed by atoms with Crippen molar-refractivity contribution in [3.8, 4) is 17.2 Å². The molecule has 0 aromatic heterocycles. The third-order valence-electron chi connectivity index (χ3n) is 3.57. The number of ether oxygens (including phenoxy) is 4. The highest BCUT2D eigenvalue weighted by atomic mass is 16.7. The third kappa shape index (κ3) is 3.97. The summed E-state index contributed by atoms with van der Waals surface area (Å²) in [6.07, 6.45) is 0. The molecule has 6 nitrogen and oxygen atoms in total. The maximum atomic E-state index is 12.2. The summed E-state index contributed by atoms with van der Waals surface area (Å²) in [5.74, 6) is 1.88. The maximum Gasteiger partial charge on any atom is 0.251 e. The van der Waals surface area contributed by atoms with E-state index in [0.29, 0.717) is 36.8 Å². The van der Waals surface area contributed by atoms with Gasteiger partial charge in [0.25, 0.3) is 5.91 Å². The normalized spacial score (nSPS) is 12.0. The largest absolute Gasteiger partial charge is 0.491 e. The molecule has 0 saturated heterocycles. The molecule has 0 radical (unpaired) electrons. The van der Waals surface area contributed by atoms with Crippen LogP contribution in [-0.2, 0) is 11.3 Å². The van der Waals surface area contributed by atoms with Crippen molar-refractivity contribution in [3.05, 3.63) is 53.6 Å². The lowest BCUT2D eigenvalue weighted by Crippen LogP contribution is -2.22. The summed E-state index contributed by atoms with van der Waals surface area (Å²) in [6.45, 7) is 1.69. The molecule has 0 bridgehead atoms. The Kier molecular flexibility index (Phi) is 5.18. The summed E-state index contributed by atoms with van der Waals surface area (Å²) < 4.78 is 20.9. The summed E-state index contributed by atoms with van der Waals surface area (Å²) >= 11 is 0. The zero-order valence-electron chi connectivity index (χ0n) is 13.4. The predicted octanol–water partition coefficient (Wildman–Crippen LogP) is 2.37. The summed E-state index contributed by atoms with van der Waals surface area (Å²) in [5.41, 5.74) is 1.53. The van der Waals surface area contributed by atoms with Crippen LogP contribution in [0.2, 0.25) is 0 Å². The zero-order chi connectivity index (χ0) is 16.8. The van der Waals surface area contributed by atoms with Crippen LogP contribution in [0, 0.1) is 0 Å². The van der Waals surface area contributed by atoms with Gasteiger partial charge in [-0.05, 0) is 35.9 Å². The van der Waals surface area contributed by atoms with Gasteiger partial charge in [0.2, 0.25) is 6.79 Å². The van der Waals surface area contributed by atoms with E-state index in [0.717, 1.165) is 11.3 Å². The van der Waals surface area contributed by atoms with Crippen LogP contribution in [0.4, 0.5) is 0 Å². The minimum atomic E-state index is -0.159. The monoisotopic (exact) mass is 329 g/mol. The van der Waals surface area contributed by atoms with Crippen molar-refractivity contribution < 1.29 is 23.7 Å². The van der Waals surface area contributed by atoms with Crippen molar-refractivity contribution >= 4 is 5.91 Å². The van der Waals surface area contributed by atoms with Gasteiger partial charge in [0, 0.05) is 19.2 Å². The number of rotatable bonds is 7. The molecule has 0 saturated carbocycles. The van der Waals surface area contributed by atoms with Crippen LogP contribution in [-0.4, -0.2) is 33.0 Å². The highest BCUT2D eigenvalue weighted by Crippen LogP contribution is 2.32. The lowest BCUT2D eigenvalue weighted by molar-refractivity contribution is 0.0950. The summed E-state index contributed by atoms with van der Waals surface area (Å²) in [6, 6.07) is 12.7. The maximum absolute atomic E-state index is 12.2. The standard InChI is InChI=1S/C18H19NO5/c1-21-8-9-22-15-5-2-13(3-6-15)11-19-18(20)14-4-7-16-17(10-14)24-12-23-16/h2-7,10H,8-9,11-12H2,1H3,(H,19,20). The quantitative estimate of drug-likeness (QED) is 0.790. The van der Waals surface area contributed by atoms with Crippen molar-refractivity contribution in [1.29, 1.82) is 0 Å². The van der Waals surface area contributed by atoms with Gasteiger partial charge in [-0.3, -0.25) is 4.79 Å². The third-order valence-corrected chi connectivity index (χ3v) is 3.57. The second-order valence-corrected chi connectivity index (χ2v) is 5.24. The van der Waals surface area contributed by atoms with Crippen LogP contribution in [0.5, 0.6) is 17.2 Å². The van der Waals surface area contributed by atoms with E-state index in [1.165, 1.54) is 0 Å². The molecule has 0 unspecified atom stereocenters. The number of methoxy groups -OCH3 is 1. The van der Waals surface area contributed by atoms with Crippen LogP contribution >= 0.6 is 0 Å². The Bertz CT molecular complexity index is 699. The van der Waals surface area contributed by atoms with E-state index in [2.05, 4.69) is 5.32 Å². The zero-order valence-corrected chi connectivity index (χ0v) is 13.4. The van der Waals surface area contributed by atoms with Crippen molar-refractivity contribution in [3.63, 3.8) is 0 Å². The van der Waals surface area contributed by atoms with E-state index in [1.54, 1.807) is 25.3 Å². The van der Waals surface area contributed by atoms with Crippen LogP contribution in [0.1, 0.15) is 15.9 Å². The summed E-state index contributed by atoms with van der Waals surface area (Å²) in [7, 11) is 1.63. The van der Waals surface area contributed by atoms with Gasteiger partial charge in [0.1, 0.15) is 12.4 Å². The number of carbonyl (C=O) groups excluding carboxylic acids is 1. The van der Waals surface area contributed by atoms with Gasteiger partial charge in [-0.15, -0.1) is 0 Å². The van der Waals surface area contributed by atoms with Gasteiger partial charge in [0.05, 0.1) is 6.61 Å². The number of fused-ring (bicyclic) bond motifs is 1. The Morgan fingerprint density at radius 2 is 1.88 bits per heavy atom. The molecule has 2 aromatic carbocycles. The van der Waals surface area contributed by atoms with E-state index in [9.17, 15) is 4.79 Å². The van der Waals surface area contributed by atoms with E-state index in [1.807, 2.05) is 24.3 Å². The number of hydrogen-bond acceptors (Lipinski definition) is 5. The minimum absolute atomic E-state index is 0.159. The van der Waals surface area contributed by atoms with Crippen LogP contribution in [0.3, 0.4) is 0 Å². The first-order chi connectivity index (χ1) is 11.8. The summed E-state index contributed by atoms with van der Waals surface area (Å²) in [5, 5.41) is 2.88. The van der Waals surface area contributed by atoms with Crippen molar-refractivity contribution in [2.24, 2.45) is 0 Å². The van der Waals surface area contributed by atoms with Crippen LogP contribution < -0.4 is 19.5 Å². The molecule has 0 aliphatic carbocycles. The van der Waals surface area contributed by atoms with E-state index in [-0.39, 0.29) is 12.7 Å². The Morgan fingerprint density at radius 3 is 2.67 bits per heavy atom. The first-order valence-electron chi connectivity index (χ1n) is 7.65. The molecule has 1 heterocycles. The van der Waals surface area contributed by atoms with Crippen LogP contribution in [0.15, 0.2) is 42.5 Å². The van der Waals surface area contributed by atoms with Crippen molar-refractivity contribution in [2.75, 3.05) is 27.1 Å². The molecule has 3 rings (SSSR count). The average Bonchev–Trinajstić information content (AvgIpc) is 3.08. The SMILES string of the molecule is COCCOc1ccc(CNC(=O)c2ccc3c(c2)OCO3)cc1. The van der Waals surface area contributed by atoms with E-state index >= 15 is 0 Å². The molecular formula is C18H19NO5. The molecule has 126 valence electrons. The number of nitrogens with one attached hydrogen (secondary N) is 1. The number of hydrogen-bond donors (Lipinski definition) is 1. The van der Waals surface area contributed by atoms with Crippen LogP contribution in [0.25, 0.3) is 0 Å². The Hall–Kier alpha value is -2.73. The van der Waals surface area contributed by atoms with Gasteiger partial charge in [-0.1, -0.05) is 12.1 Å². The lowest BCUT2D eigenvalue weighted by Gasteiger charge is -2.08. The first-order valence-corrected chi connectivity index (χ1v) is 7.65. The highest BCUT2D eigenvalue weighted by Gasteiger charge is 2.15. The van der Waals surface area contributed by atoms with Crippen molar-refractivity contribution in [2.45, 2.75) is 6.54 Å². The molecule has 0 fully saturated rings. The van der Waals surface area contributed by atoms with Gasteiger partial charge in [-0.25, -0.2) is 0 Å². The molecule has 1 amide bonds. The molecule has 24 heavy (non-hydrogen) atoms. The molecule has 0 spiro atoms. The first kappa shape index (κ1) is 16.1. The molecule has 1 N–H and O–H groups in total. The summed E-state index contributed by atoms with van der Waals surface area (Å²) in [4.78, 5) is 12.2. The predicted molar refractivity (Wildman–Crippen MR) is 87.5 cm³/mol. The fraction of sp³-hybridized carbons (Fsp3) is 0.278. The highest BCUT2D eigenvalue weighted by molar-refractivity contribution is 5.94. The second-order valence-electron chi connectivity index (χ2n) is 5.24. The van der Waals surface area contributed by atoms with Gasteiger partial charge in [-0.2, -0.15) is 0 Å². The van der Waals surface area contributed by atoms with Gasteiger partial charge >= 0.3 is 0 Å². The number of carbonyl (C=O) groups is 1. The Balaban J connectivity index is 1.52.